The van der Waals surface area contributed by atoms with Crippen molar-refractivity contribution in [2.75, 3.05) is 6.61 Å². The molecule has 0 aromatic carbocycles. The maximum atomic E-state index is 13.1. The lowest BCUT2D eigenvalue weighted by atomic mass is 9.62. The Morgan fingerprint density at radius 2 is 0.714 bits per heavy atom. The van der Waals surface area contributed by atoms with Gasteiger partial charge in [-0.25, -0.2) is 0 Å². The molecule has 0 amide bonds. The fraction of sp³-hybridized carbons (Fsp3) is 1.00. The van der Waals surface area contributed by atoms with Crippen molar-refractivity contribution < 1.29 is 75.4 Å². The van der Waals surface area contributed by atoms with Crippen LogP contribution in [0.1, 0.15) is 13.3 Å². The van der Waals surface area contributed by atoms with Crippen molar-refractivity contribution in [1.82, 2.24) is 0 Å². The Labute approximate surface area is 144 Å². The molecule has 170 valence electrons. The van der Waals surface area contributed by atoms with E-state index in [-0.39, 0.29) is 0 Å². The zero-order valence-electron chi connectivity index (χ0n) is 12.9. The van der Waals surface area contributed by atoms with Gasteiger partial charge in [0.2, 0.25) is 0 Å². The van der Waals surface area contributed by atoms with Gasteiger partial charge in [-0.2, -0.15) is 70.2 Å². The van der Waals surface area contributed by atoms with Crippen LogP contribution in [-0.2, 0) is 0 Å². The molecule has 0 unspecified atom stereocenters. The Bertz CT molecular complexity index is 508. The SMILES string of the molecule is CCCO.FC(F)(F)C1(C(F)(F)F)C(F)(F)C(F)(F)C(F)(F)C(F)(F)C1(F)F. The molecule has 1 fully saturated rings. The van der Waals surface area contributed by atoms with E-state index < -0.39 is 47.4 Å². The predicted molar refractivity (Wildman–Crippen MR) is 56.7 cm³/mol. The van der Waals surface area contributed by atoms with E-state index >= 15 is 0 Å². The lowest BCUT2D eigenvalue weighted by molar-refractivity contribution is -0.557. The van der Waals surface area contributed by atoms with Crippen LogP contribution in [0.5, 0.6) is 0 Å². The molecule has 0 aliphatic heterocycles. The summed E-state index contributed by atoms with van der Waals surface area (Å²) in [4.78, 5) is 0. The summed E-state index contributed by atoms with van der Waals surface area (Å²) in [5.41, 5.74) is -8.48. The molecular formula is C11H8F16O. The highest BCUT2D eigenvalue weighted by Gasteiger charge is 3.09. The van der Waals surface area contributed by atoms with Gasteiger partial charge in [-0.3, -0.25) is 0 Å². The Morgan fingerprint density at radius 1 is 0.536 bits per heavy atom. The Kier molecular flexibility index (Phi) is 6.41. The van der Waals surface area contributed by atoms with Gasteiger partial charge < -0.3 is 5.11 Å². The first kappa shape index (κ1) is 26.8. The third-order valence-corrected chi connectivity index (χ3v) is 3.59. The number of halogens is 16. The van der Waals surface area contributed by atoms with Crippen LogP contribution >= 0.6 is 0 Å². The topological polar surface area (TPSA) is 20.2 Å². The zero-order chi connectivity index (χ0) is 23.4. The third-order valence-electron chi connectivity index (χ3n) is 3.59. The minimum absolute atomic E-state index is 0.319. The van der Waals surface area contributed by atoms with Crippen molar-refractivity contribution in [3.8, 4) is 0 Å². The van der Waals surface area contributed by atoms with Crippen LogP contribution in [0, 0.1) is 5.41 Å². The molecule has 0 radical (unpaired) electrons. The van der Waals surface area contributed by atoms with E-state index in [1.807, 2.05) is 6.92 Å². The highest BCUT2D eigenvalue weighted by molar-refractivity contribution is 5.28. The van der Waals surface area contributed by atoms with Crippen molar-refractivity contribution in [3.63, 3.8) is 0 Å². The van der Waals surface area contributed by atoms with Crippen LogP contribution in [-0.4, -0.2) is 53.7 Å². The minimum Gasteiger partial charge on any atom is -0.396 e. The summed E-state index contributed by atoms with van der Waals surface area (Å²) in [5.74, 6) is -41.0. The van der Waals surface area contributed by atoms with Gasteiger partial charge in [-0.15, -0.1) is 0 Å². The summed E-state index contributed by atoms with van der Waals surface area (Å²) in [6.07, 6.45) is -15.6. The van der Waals surface area contributed by atoms with E-state index in [2.05, 4.69) is 0 Å². The molecule has 0 bridgehead atoms. The molecule has 1 N–H and O–H groups in total. The van der Waals surface area contributed by atoms with Gasteiger partial charge in [0.15, 0.2) is 0 Å². The molecule has 0 atom stereocenters. The first-order valence-electron chi connectivity index (χ1n) is 6.55. The first-order chi connectivity index (χ1) is 11.9. The molecule has 1 aliphatic carbocycles. The molecule has 0 heterocycles. The molecule has 28 heavy (non-hydrogen) atoms. The van der Waals surface area contributed by atoms with Crippen LogP contribution in [0.25, 0.3) is 0 Å². The molecule has 1 aliphatic rings. The second-order valence-electron chi connectivity index (χ2n) is 5.34. The molecule has 0 spiro atoms. The number of hydrogen-bond donors (Lipinski definition) is 1. The van der Waals surface area contributed by atoms with Crippen LogP contribution < -0.4 is 0 Å². The summed E-state index contributed by atoms with van der Waals surface area (Å²) in [5, 5.41) is 7.88. The maximum Gasteiger partial charge on any atom is 0.415 e. The van der Waals surface area contributed by atoms with Gasteiger partial charge in [-0.05, 0) is 6.42 Å². The summed E-state index contributed by atoms with van der Waals surface area (Å²) in [6, 6.07) is 0. The largest absolute Gasteiger partial charge is 0.415 e. The van der Waals surface area contributed by atoms with Crippen LogP contribution in [0.4, 0.5) is 70.2 Å². The average molecular weight is 460 g/mol. The number of rotatable bonds is 1. The zero-order valence-corrected chi connectivity index (χ0v) is 12.9. The molecule has 1 rings (SSSR count). The standard InChI is InChI=1S/C8F16.C3H8O/c9-2(10)1(7(19,20)21,8(22,23)24)3(11,12)5(15,16)6(17,18)4(2,13)14;1-2-3-4/h;4H,2-3H2,1H3. The maximum absolute atomic E-state index is 13.1. The Balaban J connectivity index is 0.00000165. The monoisotopic (exact) mass is 460 g/mol. The molecular weight excluding hydrogens is 452 g/mol. The van der Waals surface area contributed by atoms with E-state index in [0.29, 0.717) is 6.61 Å². The van der Waals surface area contributed by atoms with E-state index in [9.17, 15) is 70.2 Å². The quantitative estimate of drug-likeness (QED) is 0.500. The minimum atomic E-state index is -8.48. The summed E-state index contributed by atoms with van der Waals surface area (Å²) in [7, 11) is 0. The Morgan fingerprint density at radius 3 is 0.857 bits per heavy atom. The van der Waals surface area contributed by atoms with Crippen molar-refractivity contribution in [3.05, 3.63) is 0 Å². The highest BCUT2D eigenvalue weighted by Crippen LogP contribution is 2.78. The van der Waals surface area contributed by atoms with Gasteiger partial charge >= 0.3 is 42.0 Å². The van der Waals surface area contributed by atoms with Crippen molar-refractivity contribution >= 4 is 0 Å². The van der Waals surface area contributed by atoms with Crippen molar-refractivity contribution in [2.24, 2.45) is 5.41 Å². The first-order valence-corrected chi connectivity index (χ1v) is 6.55. The van der Waals surface area contributed by atoms with Gasteiger partial charge in [0, 0.05) is 6.61 Å². The number of alkyl halides is 16. The van der Waals surface area contributed by atoms with Crippen LogP contribution in [0.15, 0.2) is 0 Å². The second kappa shape index (κ2) is 6.68. The molecule has 0 aromatic rings. The van der Waals surface area contributed by atoms with Crippen molar-refractivity contribution in [1.29, 1.82) is 0 Å². The fourth-order valence-electron chi connectivity index (χ4n) is 2.13. The van der Waals surface area contributed by atoms with Crippen LogP contribution in [0.3, 0.4) is 0 Å². The number of hydrogen-bond acceptors (Lipinski definition) is 1. The summed E-state index contributed by atoms with van der Waals surface area (Å²) >= 11 is 0. The lowest BCUT2D eigenvalue weighted by Crippen LogP contribution is -2.87. The van der Waals surface area contributed by atoms with Crippen molar-refractivity contribution in [2.45, 2.75) is 55.3 Å². The van der Waals surface area contributed by atoms with E-state index in [1.165, 1.54) is 0 Å². The molecule has 17 heteroatoms. The average Bonchev–Trinajstić information content (AvgIpc) is 2.42. The van der Waals surface area contributed by atoms with Crippen LogP contribution in [0.2, 0.25) is 0 Å². The molecule has 1 nitrogen and oxygen atoms in total. The summed E-state index contributed by atoms with van der Waals surface area (Å²) < 4.78 is 204. The molecule has 1 saturated carbocycles. The highest BCUT2D eigenvalue weighted by atomic mass is 19.4. The Hall–Kier alpha value is -1.16. The number of aliphatic hydroxyl groups is 1. The normalized spacial score (nSPS) is 26.8. The smallest absolute Gasteiger partial charge is 0.396 e. The number of aliphatic hydroxyl groups excluding tert-OH is 1. The van der Waals surface area contributed by atoms with Gasteiger partial charge in [-0.1, -0.05) is 6.92 Å². The fourth-order valence-corrected chi connectivity index (χ4v) is 2.13. The van der Waals surface area contributed by atoms with Gasteiger partial charge in [0.25, 0.3) is 5.41 Å². The molecule has 0 saturated heterocycles. The summed E-state index contributed by atoms with van der Waals surface area (Å²) in [6.45, 7) is 2.25. The van der Waals surface area contributed by atoms with Gasteiger partial charge in [0.1, 0.15) is 0 Å². The predicted octanol–water partition coefficient (Wildman–Crippen LogP) is 5.68. The molecule has 0 aromatic heterocycles. The van der Waals surface area contributed by atoms with E-state index in [4.69, 9.17) is 5.11 Å². The van der Waals surface area contributed by atoms with Gasteiger partial charge in [0.05, 0.1) is 0 Å². The van der Waals surface area contributed by atoms with E-state index in [1.54, 1.807) is 0 Å². The van der Waals surface area contributed by atoms with E-state index in [0.717, 1.165) is 6.42 Å². The second-order valence-corrected chi connectivity index (χ2v) is 5.34. The third kappa shape index (κ3) is 2.74. The lowest BCUT2D eigenvalue weighted by Gasteiger charge is -2.56.